The molecule has 1 saturated heterocycles. The fourth-order valence-electron chi connectivity index (χ4n) is 2.48. The molecule has 1 fully saturated rings. The van der Waals surface area contributed by atoms with E-state index in [0.29, 0.717) is 18.9 Å². The van der Waals surface area contributed by atoms with Gasteiger partial charge in [0.15, 0.2) is 0 Å². The minimum atomic E-state index is -0.304. The van der Waals surface area contributed by atoms with E-state index in [4.69, 9.17) is 4.74 Å². The molecule has 126 valence electrons. The lowest BCUT2D eigenvalue weighted by Gasteiger charge is -2.11. The Balaban J connectivity index is 1.54. The number of hydrogen-bond donors (Lipinski definition) is 2. The second-order valence-corrected chi connectivity index (χ2v) is 5.61. The maximum Gasteiger partial charge on any atom is 0.270 e. The molecule has 0 radical (unpaired) electrons. The van der Waals surface area contributed by atoms with Crippen LogP contribution in [-0.2, 0) is 11.3 Å². The molecular formula is C17H19FN4O2. The molecule has 0 saturated carbocycles. The Labute approximate surface area is 139 Å². The van der Waals surface area contributed by atoms with Crippen molar-refractivity contribution in [1.29, 1.82) is 0 Å². The van der Waals surface area contributed by atoms with Crippen LogP contribution in [0.25, 0.3) is 0 Å². The van der Waals surface area contributed by atoms with Crippen molar-refractivity contribution in [1.82, 2.24) is 15.3 Å². The minimum Gasteiger partial charge on any atom is -0.376 e. The third-order valence-electron chi connectivity index (χ3n) is 3.80. The summed E-state index contributed by atoms with van der Waals surface area (Å²) in [6.07, 6.45) is 3.65. The van der Waals surface area contributed by atoms with Crippen LogP contribution in [0.1, 0.15) is 28.9 Å². The Kier molecular flexibility index (Phi) is 5.32. The van der Waals surface area contributed by atoms with Crippen LogP contribution < -0.4 is 10.6 Å². The lowest BCUT2D eigenvalue weighted by molar-refractivity contribution is 0.0946. The van der Waals surface area contributed by atoms with Gasteiger partial charge in [-0.15, -0.1) is 0 Å². The summed E-state index contributed by atoms with van der Waals surface area (Å²) in [6.45, 7) is 1.77. The summed E-state index contributed by atoms with van der Waals surface area (Å²) in [6, 6.07) is 7.59. The first-order valence-electron chi connectivity index (χ1n) is 7.91. The van der Waals surface area contributed by atoms with Crippen LogP contribution in [0.3, 0.4) is 0 Å². The number of carbonyl (C=O) groups is 1. The number of carbonyl (C=O) groups excluding carboxylic acids is 1. The highest BCUT2D eigenvalue weighted by Gasteiger charge is 2.15. The first kappa shape index (κ1) is 16.3. The third kappa shape index (κ3) is 4.48. The molecule has 2 heterocycles. The zero-order valence-corrected chi connectivity index (χ0v) is 13.2. The number of ether oxygens (including phenoxy) is 1. The van der Waals surface area contributed by atoms with Gasteiger partial charge in [-0.2, -0.15) is 0 Å². The minimum absolute atomic E-state index is 0.190. The normalized spacial score (nSPS) is 16.8. The molecule has 0 spiro atoms. The van der Waals surface area contributed by atoms with Crippen molar-refractivity contribution in [2.24, 2.45) is 0 Å². The molecule has 1 aromatic heterocycles. The van der Waals surface area contributed by atoms with Crippen LogP contribution >= 0.6 is 0 Å². The number of halogens is 1. The van der Waals surface area contributed by atoms with E-state index in [1.54, 1.807) is 18.2 Å². The molecule has 1 atom stereocenters. The molecule has 6 nitrogen and oxygen atoms in total. The van der Waals surface area contributed by atoms with Gasteiger partial charge in [-0.1, -0.05) is 12.1 Å². The number of benzene rings is 1. The summed E-state index contributed by atoms with van der Waals surface area (Å²) in [5, 5.41) is 5.92. The average molecular weight is 330 g/mol. The largest absolute Gasteiger partial charge is 0.376 e. The van der Waals surface area contributed by atoms with Crippen molar-refractivity contribution < 1.29 is 13.9 Å². The summed E-state index contributed by atoms with van der Waals surface area (Å²) in [5.74, 6) is -0.0165. The Morgan fingerprint density at radius 2 is 2.12 bits per heavy atom. The monoisotopic (exact) mass is 330 g/mol. The van der Waals surface area contributed by atoms with E-state index >= 15 is 0 Å². The van der Waals surface area contributed by atoms with E-state index in [2.05, 4.69) is 20.6 Å². The predicted octanol–water partition coefficient (Wildman–Crippen LogP) is 2.14. The van der Waals surface area contributed by atoms with Gasteiger partial charge in [-0.3, -0.25) is 4.79 Å². The number of amides is 1. The second-order valence-electron chi connectivity index (χ2n) is 5.61. The molecule has 1 aromatic carbocycles. The molecule has 0 bridgehead atoms. The summed E-state index contributed by atoms with van der Waals surface area (Å²) in [7, 11) is 0. The van der Waals surface area contributed by atoms with Crippen LogP contribution in [0.2, 0.25) is 0 Å². The van der Waals surface area contributed by atoms with Crippen molar-refractivity contribution in [3.63, 3.8) is 0 Å². The molecule has 2 N–H and O–H groups in total. The Bertz CT molecular complexity index is 687. The van der Waals surface area contributed by atoms with Gasteiger partial charge in [0, 0.05) is 25.8 Å². The van der Waals surface area contributed by atoms with Gasteiger partial charge in [-0.05, 0) is 30.5 Å². The highest BCUT2D eigenvalue weighted by Crippen LogP contribution is 2.13. The fraction of sp³-hybridized carbons (Fsp3) is 0.353. The summed E-state index contributed by atoms with van der Waals surface area (Å²) >= 11 is 0. The quantitative estimate of drug-likeness (QED) is 0.849. The van der Waals surface area contributed by atoms with E-state index in [1.165, 1.54) is 18.5 Å². The molecule has 7 heteroatoms. The van der Waals surface area contributed by atoms with Crippen molar-refractivity contribution in [3.05, 3.63) is 53.7 Å². The zero-order chi connectivity index (χ0) is 16.8. The lowest BCUT2D eigenvalue weighted by atomic mass is 10.2. The Hall–Kier alpha value is -2.54. The van der Waals surface area contributed by atoms with Gasteiger partial charge in [-0.25, -0.2) is 14.4 Å². The van der Waals surface area contributed by atoms with E-state index in [1.807, 2.05) is 0 Å². The molecule has 24 heavy (non-hydrogen) atoms. The van der Waals surface area contributed by atoms with Gasteiger partial charge in [0.1, 0.15) is 23.7 Å². The second kappa shape index (κ2) is 7.83. The first-order chi connectivity index (χ1) is 11.7. The van der Waals surface area contributed by atoms with Crippen molar-refractivity contribution in [3.8, 4) is 0 Å². The van der Waals surface area contributed by atoms with Gasteiger partial charge in [0.05, 0.1) is 6.10 Å². The number of nitrogens with one attached hydrogen (secondary N) is 2. The number of nitrogens with zero attached hydrogens (tertiary/aromatic N) is 2. The predicted molar refractivity (Wildman–Crippen MR) is 87.1 cm³/mol. The van der Waals surface area contributed by atoms with E-state index in [9.17, 15) is 9.18 Å². The maximum atomic E-state index is 12.9. The van der Waals surface area contributed by atoms with Crippen LogP contribution in [0, 0.1) is 5.82 Å². The maximum absolute atomic E-state index is 12.9. The molecule has 0 aliphatic carbocycles. The SMILES string of the molecule is O=C(NCc1ccc(F)cc1)c1cc(NCC2CCCO2)ncn1. The number of hydrogen-bond acceptors (Lipinski definition) is 5. The molecule has 1 unspecified atom stereocenters. The van der Waals surface area contributed by atoms with Gasteiger partial charge < -0.3 is 15.4 Å². The van der Waals surface area contributed by atoms with E-state index in [-0.39, 0.29) is 23.5 Å². The van der Waals surface area contributed by atoms with Crippen molar-refractivity contribution >= 4 is 11.7 Å². The standard InChI is InChI=1S/C17H19FN4O2/c18-13-5-3-12(4-6-13)9-20-17(23)15-8-16(22-11-21-15)19-10-14-2-1-7-24-14/h3-6,8,11,14H,1-2,7,9-10H2,(H,20,23)(H,19,21,22). The van der Waals surface area contributed by atoms with Gasteiger partial charge >= 0.3 is 0 Å². The number of rotatable bonds is 6. The van der Waals surface area contributed by atoms with Crippen LogP contribution in [0.15, 0.2) is 36.7 Å². The fourth-order valence-corrected chi connectivity index (χ4v) is 2.48. The molecule has 1 aliphatic heterocycles. The zero-order valence-electron chi connectivity index (χ0n) is 13.2. The summed E-state index contributed by atoms with van der Waals surface area (Å²) in [4.78, 5) is 20.3. The number of anilines is 1. The van der Waals surface area contributed by atoms with Crippen LogP contribution in [0.5, 0.6) is 0 Å². The molecule has 2 aromatic rings. The van der Waals surface area contributed by atoms with E-state index < -0.39 is 0 Å². The van der Waals surface area contributed by atoms with E-state index in [0.717, 1.165) is 25.0 Å². The van der Waals surface area contributed by atoms with Gasteiger partial charge in [0.2, 0.25) is 0 Å². The summed E-state index contributed by atoms with van der Waals surface area (Å²) < 4.78 is 18.4. The highest BCUT2D eigenvalue weighted by molar-refractivity contribution is 5.92. The van der Waals surface area contributed by atoms with Crippen LogP contribution in [0.4, 0.5) is 10.2 Å². The Morgan fingerprint density at radius 3 is 2.88 bits per heavy atom. The molecular weight excluding hydrogens is 311 g/mol. The first-order valence-corrected chi connectivity index (χ1v) is 7.91. The molecule has 3 rings (SSSR count). The molecule has 1 aliphatic rings. The lowest BCUT2D eigenvalue weighted by Crippen LogP contribution is -2.24. The smallest absolute Gasteiger partial charge is 0.270 e. The van der Waals surface area contributed by atoms with Crippen molar-refractivity contribution in [2.45, 2.75) is 25.5 Å². The average Bonchev–Trinajstić information content (AvgIpc) is 3.13. The topological polar surface area (TPSA) is 76.1 Å². The molecule has 1 amide bonds. The van der Waals surface area contributed by atoms with Gasteiger partial charge in [0.25, 0.3) is 5.91 Å². The van der Waals surface area contributed by atoms with Crippen molar-refractivity contribution in [2.75, 3.05) is 18.5 Å². The Morgan fingerprint density at radius 1 is 1.29 bits per heavy atom. The third-order valence-corrected chi connectivity index (χ3v) is 3.80. The highest BCUT2D eigenvalue weighted by atomic mass is 19.1. The number of aromatic nitrogens is 2. The van der Waals surface area contributed by atoms with Crippen LogP contribution in [-0.4, -0.2) is 35.1 Å². The summed E-state index contributed by atoms with van der Waals surface area (Å²) in [5.41, 5.74) is 1.09.